The van der Waals surface area contributed by atoms with Crippen LogP contribution >= 0.6 is 15.9 Å². The Hall–Kier alpha value is -0.910. The van der Waals surface area contributed by atoms with Crippen molar-refractivity contribution < 1.29 is 9.50 Å². The number of rotatable bonds is 4. The number of nitrogens with one attached hydrogen (secondary N) is 1. The number of aromatic hydroxyl groups is 1. The predicted octanol–water partition coefficient (Wildman–Crippen LogP) is 3.21. The number of phenolic OH excluding ortho intramolecular Hbond substituents is 1. The van der Waals surface area contributed by atoms with Gasteiger partial charge in [0.05, 0.1) is 0 Å². The normalized spacial score (nSPS) is 17.9. The Morgan fingerprint density at radius 3 is 2.75 bits per heavy atom. The fraction of sp³-hybridized carbons (Fsp3) is 0.467. The summed E-state index contributed by atoms with van der Waals surface area (Å²) in [6.45, 7) is 9.48. The second-order valence-corrected chi connectivity index (χ2v) is 6.11. The molecule has 0 radical (unpaired) electrons. The van der Waals surface area contributed by atoms with Crippen LogP contribution in [0.25, 0.3) is 0 Å². The lowest BCUT2D eigenvalue weighted by molar-refractivity contribution is 0.168. The molecule has 0 spiro atoms. The van der Waals surface area contributed by atoms with Crippen LogP contribution in [0.2, 0.25) is 0 Å². The van der Waals surface area contributed by atoms with Crippen LogP contribution in [0, 0.1) is 5.82 Å². The minimum Gasteiger partial charge on any atom is -0.505 e. The molecule has 0 amide bonds. The minimum atomic E-state index is -0.579. The molecule has 1 saturated heterocycles. The quantitative estimate of drug-likeness (QED) is 0.824. The van der Waals surface area contributed by atoms with E-state index in [0.717, 1.165) is 36.2 Å². The van der Waals surface area contributed by atoms with E-state index in [9.17, 15) is 9.50 Å². The fourth-order valence-electron chi connectivity index (χ4n) is 2.61. The number of hydrogen-bond donors (Lipinski definition) is 2. The Labute approximate surface area is 127 Å². The monoisotopic (exact) mass is 342 g/mol. The van der Waals surface area contributed by atoms with Crippen molar-refractivity contribution in [2.24, 2.45) is 0 Å². The van der Waals surface area contributed by atoms with Gasteiger partial charge in [0.2, 0.25) is 0 Å². The molecular formula is C15H20BrFN2O. The van der Waals surface area contributed by atoms with Crippen molar-refractivity contribution in [1.82, 2.24) is 10.2 Å². The molecule has 1 heterocycles. The largest absolute Gasteiger partial charge is 0.505 e. The predicted molar refractivity (Wildman–Crippen MR) is 82.4 cm³/mol. The first-order valence-corrected chi connectivity index (χ1v) is 7.56. The lowest BCUT2D eigenvalue weighted by Crippen LogP contribution is -2.45. The van der Waals surface area contributed by atoms with E-state index < -0.39 is 5.82 Å². The summed E-state index contributed by atoms with van der Waals surface area (Å²) < 4.78 is 14.4. The molecule has 0 aliphatic carbocycles. The van der Waals surface area contributed by atoms with Crippen LogP contribution in [0.15, 0.2) is 28.8 Å². The Morgan fingerprint density at radius 1 is 1.50 bits per heavy atom. The molecule has 1 aliphatic rings. The first-order chi connectivity index (χ1) is 9.50. The van der Waals surface area contributed by atoms with Gasteiger partial charge in [-0.25, -0.2) is 4.39 Å². The molecule has 1 fully saturated rings. The lowest BCUT2D eigenvalue weighted by Gasteiger charge is -2.36. The van der Waals surface area contributed by atoms with Crippen LogP contribution in [0.3, 0.4) is 0 Å². The summed E-state index contributed by atoms with van der Waals surface area (Å²) in [5, 5.41) is 13.4. The van der Waals surface area contributed by atoms with E-state index in [1.165, 1.54) is 6.07 Å². The van der Waals surface area contributed by atoms with E-state index in [-0.39, 0.29) is 11.8 Å². The zero-order valence-electron chi connectivity index (χ0n) is 11.6. The number of nitrogens with zero attached hydrogens (tertiary/aromatic N) is 1. The zero-order valence-corrected chi connectivity index (χ0v) is 13.2. The van der Waals surface area contributed by atoms with Gasteiger partial charge in [0.15, 0.2) is 11.6 Å². The van der Waals surface area contributed by atoms with Crippen LogP contribution in [0.5, 0.6) is 5.75 Å². The Kier molecular flexibility index (Phi) is 5.18. The highest BCUT2D eigenvalue weighted by Crippen LogP contribution is 2.39. The van der Waals surface area contributed by atoms with Crippen molar-refractivity contribution in [3.63, 3.8) is 0 Å². The maximum absolute atomic E-state index is 13.7. The van der Waals surface area contributed by atoms with Gasteiger partial charge in [-0.05, 0) is 25.5 Å². The van der Waals surface area contributed by atoms with Gasteiger partial charge in [-0.3, -0.25) is 4.90 Å². The molecule has 0 unspecified atom stereocenters. The molecule has 5 heteroatoms. The number of piperazine rings is 1. The van der Waals surface area contributed by atoms with Crippen molar-refractivity contribution in [1.29, 1.82) is 0 Å². The van der Waals surface area contributed by atoms with Crippen LogP contribution in [0.1, 0.15) is 24.9 Å². The summed E-state index contributed by atoms with van der Waals surface area (Å²) in [5.41, 5.74) is 1.64. The van der Waals surface area contributed by atoms with Crippen LogP contribution in [0.4, 0.5) is 4.39 Å². The summed E-state index contributed by atoms with van der Waals surface area (Å²) in [7, 11) is 0. The summed E-state index contributed by atoms with van der Waals surface area (Å²) in [6, 6.07) is 2.87. The molecule has 2 N–H and O–H groups in total. The molecule has 3 nitrogen and oxygen atoms in total. The Bertz CT molecular complexity index is 501. The minimum absolute atomic E-state index is 0.0559. The van der Waals surface area contributed by atoms with E-state index in [0.29, 0.717) is 12.0 Å². The highest BCUT2D eigenvalue weighted by Gasteiger charge is 2.27. The third kappa shape index (κ3) is 3.40. The lowest BCUT2D eigenvalue weighted by atomic mass is 9.97. The van der Waals surface area contributed by atoms with Crippen molar-refractivity contribution in [3.8, 4) is 5.75 Å². The smallest absolute Gasteiger partial charge is 0.165 e. The highest BCUT2D eigenvalue weighted by atomic mass is 79.9. The molecule has 0 saturated carbocycles. The van der Waals surface area contributed by atoms with E-state index in [1.54, 1.807) is 6.07 Å². The summed E-state index contributed by atoms with van der Waals surface area (Å²) in [5.74, 6) is -0.839. The van der Waals surface area contributed by atoms with Gasteiger partial charge in [-0.2, -0.15) is 0 Å². The SMILES string of the molecule is C=C(C)C[C@@H](c1c(Br)ccc(F)c1O)N1CCNCC1. The Balaban J connectivity index is 2.40. The van der Waals surface area contributed by atoms with Crippen molar-refractivity contribution in [3.05, 3.63) is 40.1 Å². The van der Waals surface area contributed by atoms with Gasteiger partial charge in [0, 0.05) is 42.3 Å². The van der Waals surface area contributed by atoms with Crippen molar-refractivity contribution >= 4 is 15.9 Å². The molecule has 2 rings (SSSR count). The topological polar surface area (TPSA) is 35.5 Å². The van der Waals surface area contributed by atoms with Crippen LogP contribution < -0.4 is 5.32 Å². The summed E-state index contributed by atoms with van der Waals surface area (Å²) in [6.07, 6.45) is 0.704. The van der Waals surface area contributed by atoms with Crippen molar-refractivity contribution in [2.45, 2.75) is 19.4 Å². The number of halogens is 2. The highest BCUT2D eigenvalue weighted by molar-refractivity contribution is 9.10. The van der Waals surface area contributed by atoms with Gasteiger partial charge in [0.1, 0.15) is 0 Å². The van der Waals surface area contributed by atoms with Crippen LogP contribution in [-0.4, -0.2) is 36.2 Å². The van der Waals surface area contributed by atoms with Gasteiger partial charge in [-0.1, -0.05) is 21.5 Å². The second-order valence-electron chi connectivity index (χ2n) is 5.25. The molecule has 0 bridgehead atoms. The van der Waals surface area contributed by atoms with Gasteiger partial charge in [-0.15, -0.1) is 6.58 Å². The standard InChI is InChI=1S/C15H20BrFN2O/c1-10(2)9-13(19-7-5-18-6-8-19)14-11(16)3-4-12(17)15(14)20/h3-4,13,18,20H,1,5-9H2,2H3/t13-/m0/s1. The molecule has 1 aromatic carbocycles. The maximum atomic E-state index is 13.7. The molecule has 1 atom stereocenters. The average molecular weight is 343 g/mol. The third-order valence-electron chi connectivity index (χ3n) is 3.58. The summed E-state index contributed by atoms with van der Waals surface area (Å²) >= 11 is 3.44. The summed E-state index contributed by atoms with van der Waals surface area (Å²) in [4.78, 5) is 2.27. The van der Waals surface area contributed by atoms with E-state index >= 15 is 0 Å². The molecule has 0 aromatic heterocycles. The maximum Gasteiger partial charge on any atom is 0.165 e. The third-order valence-corrected chi connectivity index (χ3v) is 4.27. The molecule has 20 heavy (non-hydrogen) atoms. The van der Waals surface area contributed by atoms with E-state index in [1.807, 2.05) is 6.92 Å². The first-order valence-electron chi connectivity index (χ1n) is 6.76. The van der Waals surface area contributed by atoms with Gasteiger partial charge >= 0.3 is 0 Å². The average Bonchev–Trinajstić information content (AvgIpc) is 2.43. The van der Waals surface area contributed by atoms with E-state index in [2.05, 4.69) is 32.7 Å². The van der Waals surface area contributed by atoms with E-state index in [4.69, 9.17) is 0 Å². The van der Waals surface area contributed by atoms with Crippen molar-refractivity contribution in [2.75, 3.05) is 26.2 Å². The van der Waals surface area contributed by atoms with Crippen LogP contribution in [-0.2, 0) is 0 Å². The number of phenols is 1. The second kappa shape index (κ2) is 6.70. The molecular weight excluding hydrogens is 323 g/mol. The zero-order chi connectivity index (χ0) is 14.7. The fourth-order valence-corrected chi connectivity index (χ4v) is 3.20. The van der Waals surface area contributed by atoms with Gasteiger partial charge < -0.3 is 10.4 Å². The molecule has 1 aliphatic heterocycles. The Morgan fingerprint density at radius 2 is 2.15 bits per heavy atom. The van der Waals surface area contributed by atoms with Gasteiger partial charge in [0.25, 0.3) is 0 Å². The first kappa shape index (κ1) is 15.5. The molecule has 110 valence electrons. The number of hydrogen-bond acceptors (Lipinski definition) is 3. The molecule has 1 aromatic rings. The number of benzene rings is 1.